The lowest BCUT2D eigenvalue weighted by molar-refractivity contribution is 0.0376. The third-order valence-electron chi connectivity index (χ3n) is 6.25. The molecule has 9 heteroatoms. The van der Waals surface area contributed by atoms with Gasteiger partial charge < -0.3 is 10.1 Å². The smallest absolute Gasteiger partial charge is 0.213 e. The lowest BCUT2D eigenvalue weighted by Gasteiger charge is -2.35. The first kappa shape index (κ1) is 22.3. The number of aryl methyl sites for hydroxylation is 1. The Bertz CT molecular complexity index is 1110. The number of nitriles is 2. The van der Waals surface area contributed by atoms with Crippen molar-refractivity contribution in [2.75, 3.05) is 18.4 Å². The van der Waals surface area contributed by atoms with Crippen LogP contribution in [0.15, 0.2) is 12.1 Å². The van der Waals surface area contributed by atoms with Crippen molar-refractivity contribution in [1.82, 2.24) is 14.9 Å². The van der Waals surface area contributed by atoms with Crippen molar-refractivity contribution in [1.29, 1.82) is 10.5 Å². The van der Waals surface area contributed by atoms with Crippen LogP contribution in [0, 0.1) is 29.6 Å². The van der Waals surface area contributed by atoms with Gasteiger partial charge in [-0.05, 0) is 31.4 Å². The molecule has 1 unspecified atom stereocenters. The highest BCUT2D eigenvalue weighted by Crippen LogP contribution is 2.36. The molecule has 1 atom stereocenters. The van der Waals surface area contributed by atoms with Crippen molar-refractivity contribution in [3.8, 4) is 18.0 Å². The van der Waals surface area contributed by atoms with E-state index < -0.39 is 6.17 Å². The van der Waals surface area contributed by atoms with Crippen LogP contribution in [0.4, 0.5) is 10.2 Å². The van der Waals surface area contributed by atoms with Gasteiger partial charge in [0.25, 0.3) is 0 Å². The molecule has 32 heavy (non-hydrogen) atoms. The van der Waals surface area contributed by atoms with Crippen molar-refractivity contribution in [2.45, 2.75) is 58.0 Å². The fourth-order valence-electron chi connectivity index (χ4n) is 4.36. The van der Waals surface area contributed by atoms with E-state index in [0.29, 0.717) is 43.1 Å². The van der Waals surface area contributed by atoms with Gasteiger partial charge in [-0.3, -0.25) is 4.90 Å². The standard InChI is InChI=1S/C23H24ClFN6O/c1-13-17(3-4-21(29-13)32-16-9-15(25)10-16)14(2)31-8-5-18-20(12-31)19(11-27)22(24)30-23(18)28-7-6-26/h3-4,14-16H,5,7-10,12H2,1-2H3,(H,28,30)/t14?,15-,16-. The van der Waals surface area contributed by atoms with Crippen LogP contribution in [0.5, 0.6) is 5.88 Å². The van der Waals surface area contributed by atoms with Crippen LogP contribution >= 0.6 is 11.6 Å². The largest absolute Gasteiger partial charge is 0.474 e. The fourth-order valence-corrected chi connectivity index (χ4v) is 4.60. The van der Waals surface area contributed by atoms with E-state index in [2.05, 4.69) is 33.2 Å². The minimum Gasteiger partial charge on any atom is -0.474 e. The lowest BCUT2D eigenvalue weighted by Crippen LogP contribution is -2.35. The number of aromatic nitrogens is 2. The van der Waals surface area contributed by atoms with E-state index in [1.807, 2.05) is 25.1 Å². The van der Waals surface area contributed by atoms with Gasteiger partial charge in [-0.25, -0.2) is 14.4 Å². The highest BCUT2D eigenvalue weighted by atomic mass is 35.5. The van der Waals surface area contributed by atoms with Gasteiger partial charge in [0.2, 0.25) is 5.88 Å². The van der Waals surface area contributed by atoms with Gasteiger partial charge in [0, 0.05) is 49.3 Å². The molecule has 0 saturated heterocycles. The molecule has 7 nitrogen and oxygen atoms in total. The second kappa shape index (κ2) is 9.28. The normalized spacial score (nSPS) is 20.9. The van der Waals surface area contributed by atoms with E-state index in [-0.39, 0.29) is 23.8 Å². The molecule has 1 saturated carbocycles. The van der Waals surface area contributed by atoms with Crippen LogP contribution in [0.3, 0.4) is 0 Å². The van der Waals surface area contributed by atoms with E-state index in [1.165, 1.54) is 0 Å². The van der Waals surface area contributed by atoms with Gasteiger partial charge in [0.15, 0.2) is 0 Å². The molecular weight excluding hydrogens is 431 g/mol. The second-order valence-electron chi connectivity index (χ2n) is 8.24. The fraction of sp³-hybridized carbons (Fsp3) is 0.478. The minimum absolute atomic E-state index is 0.0534. The zero-order chi connectivity index (χ0) is 22.8. The molecule has 4 rings (SSSR count). The van der Waals surface area contributed by atoms with E-state index in [0.717, 1.165) is 28.9 Å². The van der Waals surface area contributed by atoms with Gasteiger partial charge in [-0.1, -0.05) is 17.7 Å². The molecule has 0 radical (unpaired) electrons. The Hall–Kier alpha value is -2.94. The van der Waals surface area contributed by atoms with Gasteiger partial charge in [0.05, 0.1) is 11.6 Å². The van der Waals surface area contributed by atoms with Crippen molar-refractivity contribution >= 4 is 17.4 Å². The zero-order valence-electron chi connectivity index (χ0n) is 18.0. The SMILES string of the molecule is Cc1nc(O[C@H]2C[C@H](F)C2)ccc1C(C)N1CCc2c(NCC#N)nc(Cl)c(C#N)c2C1. The van der Waals surface area contributed by atoms with Crippen LogP contribution in [0.2, 0.25) is 5.15 Å². The number of alkyl halides is 1. The summed E-state index contributed by atoms with van der Waals surface area (Å²) < 4.78 is 18.8. The molecule has 0 amide bonds. The highest BCUT2D eigenvalue weighted by Gasteiger charge is 2.32. The number of ether oxygens (including phenoxy) is 1. The van der Waals surface area contributed by atoms with Crippen LogP contribution < -0.4 is 10.1 Å². The molecule has 0 spiro atoms. The molecule has 2 aromatic rings. The summed E-state index contributed by atoms with van der Waals surface area (Å²) in [5.74, 6) is 1.10. The number of nitrogens with one attached hydrogen (secondary N) is 1. The summed E-state index contributed by atoms with van der Waals surface area (Å²) >= 11 is 6.28. The average molecular weight is 455 g/mol. The summed E-state index contributed by atoms with van der Waals surface area (Å²) in [5, 5.41) is 21.7. The molecule has 2 aromatic heterocycles. The third-order valence-corrected chi connectivity index (χ3v) is 6.52. The van der Waals surface area contributed by atoms with Crippen LogP contribution in [0.1, 0.15) is 53.8 Å². The summed E-state index contributed by atoms with van der Waals surface area (Å²) in [7, 11) is 0. The number of pyridine rings is 2. The Balaban J connectivity index is 1.55. The molecule has 1 N–H and O–H groups in total. The first-order valence-corrected chi connectivity index (χ1v) is 11.0. The summed E-state index contributed by atoms with van der Waals surface area (Å²) in [6.45, 7) is 5.48. The molecule has 2 aliphatic rings. The third kappa shape index (κ3) is 4.34. The van der Waals surface area contributed by atoms with Crippen molar-refractivity contribution in [3.05, 3.63) is 45.2 Å². The van der Waals surface area contributed by atoms with Crippen LogP contribution in [-0.4, -0.2) is 40.2 Å². The quantitative estimate of drug-likeness (QED) is 0.514. The Morgan fingerprint density at radius 2 is 2.09 bits per heavy atom. The number of hydrogen-bond acceptors (Lipinski definition) is 7. The zero-order valence-corrected chi connectivity index (χ0v) is 18.8. The van der Waals surface area contributed by atoms with Crippen molar-refractivity contribution < 1.29 is 9.13 Å². The Morgan fingerprint density at radius 1 is 1.31 bits per heavy atom. The van der Waals surface area contributed by atoms with Crippen LogP contribution in [-0.2, 0) is 13.0 Å². The van der Waals surface area contributed by atoms with Crippen molar-refractivity contribution in [2.24, 2.45) is 0 Å². The van der Waals surface area contributed by atoms with E-state index >= 15 is 0 Å². The van der Waals surface area contributed by atoms with Crippen LogP contribution in [0.25, 0.3) is 0 Å². The molecule has 3 heterocycles. The monoisotopic (exact) mass is 454 g/mol. The number of fused-ring (bicyclic) bond motifs is 1. The lowest BCUT2D eigenvalue weighted by atomic mass is 9.93. The van der Waals surface area contributed by atoms with Gasteiger partial charge in [0.1, 0.15) is 35.9 Å². The molecular formula is C23H24ClFN6O. The van der Waals surface area contributed by atoms with Gasteiger partial charge >= 0.3 is 0 Å². The average Bonchev–Trinajstić information content (AvgIpc) is 2.75. The Morgan fingerprint density at radius 3 is 2.75 bits per heavy atom. The number of hydrogen-bond donors (Lipinski definition) is 1. The Labute approximate surface area is 191 Å². The van der Waals surface area contributed by atoms with E-state index in [1.54, 1.807) is 0 Å². The predicted molar refractivity (Wildman–Crippen MR) is 118 cm³/mol. The highest BCUT2D eigenvalue weighted by molar-refractivity contribution is 6.30. The molecule has 0 aromatic carbocycles. The molecule has 1 aliphatic carbocycles. The number of nitrogens with zero attached hydrogens (tertiary/aromatic N) is 5. The second-order valence-corrected chi connectivity index (χ2v) is 8.59. The maximum absolute atomic E-state index is 13.0. The summed E-state index contributed by atoms with van der Waals surface area (Å²) in [6, 6.07) is 8.14. The summed E-state index contributed by atoms with van der Waals surface area (Å²) in [6.07, 6.45) is 0.683. The number of anilines is 1. The maximum atomic E-state index is 13.0. The predicted octanol–water partition coefficient (Wildman–Crippen LogP) is 4.24. The van der Waals surface area contributed by atoms with E-state index in [4.69, 9.17) is 21.6 Å². The molecule has 166 valence electrons. The maximum Gasteiger partial charge on any atom is 0.213 e. The number of halogens is 2. The minimum atomic E-state index is -0.764. The molecule has 1 fully saturated rings. The first-order chi connectivity index (χ1) is 15.4. The first-order valence-electron chi connectivity index (χ1n) is 10.7. The van der Waals surface area contributed by atoms with Gasteiger partial charge in [-0.2, -0.15) is 10.5 Å². The summed E-state index contributed by atoms with van der Waals surface area (Å²) in [4.78, 5) is 11.2. The van der Waals surface area contributed by atoms with Crippen molar-refractivity contribution in [3.63, 3.8) is 0 Å². The number of rotatable bonds is 6. The van der Waals surface area contributed by atoms with E-state index in [9.17, 15) is 9.65 Å². The topological polar surface area (TPSA) is 97.9 Å². The Kier molecular flexibility index (Phi) is 6.45. The van der Waals surface area contributed by atoms with Gasteiger partial charge in [-0.15, -0.1) is 0 Å². The molecule has 1 aliphatic heterocycles. The molecule has 0 bridgehead atoms. The summed E-state index contributed by atoms with van der Waals surface area (Å²) in [5.41, 5.74) is 4.10.